The minimum atomic E-state index is 0.992. The van der Waals surface area contributed by atoms with Gasteiger partial charge < -0.3 is 9.13 Å². The van der Waals surface area contributed by atoms with Gasteiger partial charge in [-0.2, -0.15) is 0 Å². The van der Waals surface area contributed by atoms with E-state index in [4.69, 9.17) is 0 Å². The molecule has 0 aliphatic rings. The maximum absolute atomic E-state index is 4.45. The number of hydrogen-bond donors (Lipinski definition) is 0. The van der Waals surface area contributed by atoms with E-state index in [0.717, 1.165) is 29.2 Å². The standard InChI is InChI=1S/C10H12N2.C9H10N2.C3H8.C2H6/c1-3-12-8(2)11-9-6-4-5-7-10(9)12;1-7-10-8-5-3-4-6-9(8)11(7)2;1-3-2;1-2/h4-7H,3H2,1-2H3;3-6H,1-2H3;3H2,1-2H3;1-2H3. The molecule has 0 amide bonds. The van der Waals surface area contributed by atoms with Crippen molar-refractivity contribution >= 4 is 22.1 Å². The average molecular weight is 381 g/mol. The molecule has 0 spiro atoms. The van der Waals surface area contributed by atoms with Gasteiger partial charge in [0.2, 0.25) is 0 Å². The first kappa shape index (κ1) is 23.4. The predicted octanol–water partition coefficient (Wildman–Crippen LogP) is 6.69. The first-order chi connectivity index (χ1) is 13.5. The van der Waals surface area contributed by atoms with Crippen LogP contribution in [-0.4, -0.2) is 19.1 Å². The van der Waals surface area contributed by atoms with Crippen molar-refractivity contribution in [2.75, 3.05) is 0 Å². The van der Waals surface area contributed by atoms with Crippen molar-refractivity contribution in [3.63, 3.8) is 0 Å². The van der Waals surface area contributed by atoms with Crippen LogP contribution in [0.2, 0.25) is 0 Å². The van der Waals surface area contributed by atoms with Crippen molar-refractivity contribution in [1.29, 1.82) is 0 Å². The number of hydrogen-bond acceptors (Lipinski definition) is 2. The summed E-state index contributed by atoms with van der Waals surface area (Å²) in [6.45, 7) is 15.4. The number of benzene rings is 2. The second-order valence-electron chi connectivity index (χ2n) is 6.31. The molecule has 4 rings (SSSR count). The van der Waals surface area contributed by atoms with Gasteiger partial charge in [-0.3, -0.25) is 0 Å². The van der Waals surface area contributed by atoms with Gasteiger partial charge in [0.1, 0.15) is 11.6 Å². The fraction of sp³-hybridized carbons (Fsp3) is 0.417. The second kappa shape index (κ2) is 12.0. The molecule has 4 heteroatoms. The molecular weight excluding hydrogens is 344 g/mol. The summed E-state index contributed by atoms with van der Waals surface area (Å²) < 4.78 is 4.31. The summed E-state index contributed by atoms with van der Waals surface area (Å²) in [5.74, 6) is 2.16. The molecule has 2 aromatic carbocycles. The maximum Gasteiger partial charge on any atom is 0.106 e. The van der Waals surface area contributed by atoms with E-state index < -0.39 is 0 Å². The Hall–Kier alpha value is -2.62. The Morgan fingerprint density at radius 2 is 1.14 bits per heavy atom. The molecule has 0 N–H and O–H groups in total. The van der Waals surface area contributed by atoms with Crippen LogP contribution >= 0.6 is 0 Å². The predicted molar refractivity (Wildman–Crippen MR) is 123 cm³/mol. The van der Waals surface area contributed by atoms with E-state index in [1.165, 1.54) is 17.5 Å². The summed E-state index contributed by atoms with van der Waals surface area (Å²) in [7, 11) is 2.03. The highest BCUT2D eigenvalue weighted by Gasteiger charge is 2.03. The van der Waals surface area contributed by atoms with Crippen LogP contribution in [0, 0.1) is 13.8 Å². The Morgan fingerprint density at radius 1 is 0.714 bits per heavy atom. The van der Waals surface area contributed by atoms with E-state index in [2.05, 4.69) is 64.1 Å². The van der Waals surface area contributed by atoms with Gasteiger partial charge in [0, 0.05) is 13.6 Å². The first-order valence-electron chi connectivity index (χ1n) is 10.3. The van der Waals surface area contributed by atoms with Crippen molar-refractivity contribution < 1.29 is 0 Å². The summed E-state index contributed by atoms with van der Waals surface area (Å²) in [6, 6.07) is 16.4. The normalized spacial score (nSPS) is 9.71. The van der Waals surface area contributed by atoms with Crippen LogP contribution in [0.15, 0.2) is 48.5 Å². The van der Waals surface area contributed by atoms with Gasteiger partial charge in [-0.1, -0.05) is 58.4 Å². The highest BCUT2D eigenvalue weighted by molar-refractivity contribution is 5.76. The molecule has 0 saturated carbocycles. The van der Waals surface area contributed by atoms with Crippen LogP contribution in [-0.2, 0) is 13.6 Å². The highest BCUT2D eigenvalue weighted by atomic mass is 15.1. The molecule has 0 unspecified atom stereocenters. The Morgan fingerprint density at radius 3 is 1.64 bits per heavy atom. The lowest BCUT2D eigenvalue weighted by Gasteiger charge is -2.00. The lowest BCUT2D eigenvalue weighted by Crippen LogP contribution is -1.95. The molecule has 2 aromatic heterocycles. The highest BCUT2D eigenvalue weighted by Crippen LogP contribution is 2.14. The van der Waals surface area contributed by atoms with Gasteiger partial charge in [0.25, 0.3) is 0 Å². The molecule has 0 aliphatic heterocycles. The molecule has 0 bridgehead atoms. The molecule has 0 atom stereocenters. The zero-order valence-corrected chi connectivity index (χ0v) is 18.8. The molecule has 2 heterocycles. The van der Waals surface area contributed by atoms with E-state index in [9.17, 15) is 0 Å². The Kier molecular flexibility index (Phi) is 10.0. The van der Waals surface area contributed by atoms with Crippen LogP contribution in [0.25, 0.3) is 22.1 Å². The SMILES string of the molecule is CC.CCC.CCn1c(C)nc2ccccc21.Cc1nc2ccccc2n1C. The van der Waals surface area contributed by atoms with E-state index in [-0.39, 0.29) is 0 Å². The fourth-order valence-electron chi connectivity index (χ4n) is 2.86. The number of imidazole rings is 2. The van der Waals surface area contributed by atoms with Crippen molar-refractivity contribution in [2.24, 2.45) is 7.05 Å². The number of aryl methyl sites for hydroxylation is 4. The lowest BCUT2D eigenvalue weighted by molar-refractivity contribution is 0.753. The van der Waals surface area contributed by atoms with Crippen molar-refractivity contribution in [1.82, 2.24) is 19.1 Å². The Bertz CT molecular complexity index is 963. The summed E-state index contributed by atoms with van der Waals surface area (Å²) in [4.78, 5) is 8.82. The number of para-hydroxylation sites is 4. The maximum atomic E-state index is 4.45. The third kappa shape index (κ3) is 5.69. The second-order valence-corrected chi connectivity index (χ2v) is 6.31. The fourth-order valence-corrected chi connectivity index (χ4v) is 2.86. The van der Waals surface area contributed by atoms with Gasteiger partial charge in [-0.05, 0) is 45.0 Å². The zero-order valence-electron chi connectivity index (χ0n) is 18.8. The Balaban J connectivity index is 0.000000229. The smallest absolute Gasteiger partial charge is 0.106 e. The Labute approximate surface area is 170 Å². The minimum Gasteiger partial charge on any atom is -0.331 e. The molecule has 4 nitrogen and oxygen atoms in total. The molecule has 0 aliphatic carbocycles. The van der Waals surface area contributed by atoms with Gasteiger partial charge in [-0.15, -0.1) is 0 Å². The van der Waals surface area contributed by atoms with Crippen LogP contribution in [0.1, 0.15) is 52.7 Å². The van der Waals surface area contributed by atoms with Crippen LogP contribution < -0.4 is 0 Å². The topological polar surface area (TPSA) is 35.6 Å². The zero-order chi connectivity index (χ0) is 21.1. The molecular formula is C24H36N4. The monoisotopic (exact) mass is 380 g/mol. The number of aromatic nitrogens is 4. The van der Waals surface area contributed by atoms with Crippen molar-refractivity contribution in [3.8, 4) is 0 Å². The minimum absolute atomic E-state index is 0.992. The van der Waals surface area contributed by atoms with Crippen LogP contribution in [0.3, 0.4) is 0 Å². The van der Waals surface area contributed by atoms with Crippen molar-refractivity contribution in [3.05, 3.63) is 60.2 Å². The van der Waals surface area contributed by atoms with Crippen LogP contribution in [0.5, 0.6) is 0 Å². The van der Waals surface area contributed by atoms with Crippen molar-refractivity contribution in [2.45, 2.75) is 61.4 Å². The third-order valence-corrected chi connectivity index (χ3v) is 4.17. The number of fused-ring (bicyclic) bond motifs is 2. The largest absolute Gasteiger partial charge is 0.331 e. The number of rotatable bonds is 1. The molecule has 0 fully saturated rings. The van der Waals surface area contributed by atoms with Gasteiger partial charge >= 0.3 is 0 Å². The summed E-state index contributed by atoms with van der Waals surface area (Å²) in [5, 5.41) is 0. The molecule has 152 valence electrons. The van der Waals surface area contributed by atoms with E-state index in [1.54, 1.807) is 0 Å². The third-order valence-electron chi connectivity index (χ3n) is 4.17. The van der Waals surface area contributed by atoms with Gasteiger partial charge in [0.15, 0.2) is 0 Å². The van der Waals surface area contributed by atoms with Gasteiger partial charge in [-0.25, -0.2) is 9.97 Å². The average Bonchev–Trinajstić information content (AvgIpc) is 3.20. The van der Waals surface area contributed by atoms with E-state index >= 15 is 0 Å². The molecule has 0 radical (unpaired) electrons. The molecule has 0 saturated heterocycles. The lowest BCUT2D eigenvalue weighted by atomic mass is 10.3. The molecule has 28 heavy (non-hydrogen) atoms. The van der Waals surface area contributed by atoms with E-state index in [1.807, 2.05) is 59.0 Å². The van der Waals surface area contributed by atoms with Gasteiger partial charge in [0.05, 0.1) is 22.1 Å². The quantitative estimate of drug-likeness (QED) is 0.369. The summed E-state index contributed by atoms with van der Waals surface area (Å²) in [5.41, 5.74) is 4.60. The number of nitrogens with zero attached hydrogens (tertiary/aromatic N) is 4. The first-order valence-corrected chi connectivity index (χ1v) is 10.3. The molecule has 4 aromatic rings. The summed E-state index contributed by atoms with van der Waals surface area (Å²) in [6.07, 6.45) is 1.25. The summed E-state index contributed by atoms with van der Waals surface area (Å²) >= 11 is 0. The van der Waals surface area contributed by atoms with Crippen LogP contribution in [0.4, 0.5) is 0 Å². The van der Waals surface area contributed by atoms with E-state index in [0.29, 0.717) is 0 Å².